The van der Waals surface area contributed by atoms with Crippen LogP contribution in [0, 0.1) is 0 Å². The lowest BCUT2D eigenvalue weighted by molar-refractivity contribution is -0.116. The predicted octanol–water partition coefficient (Wildman–Crippen LogP) is 4.61. The Bertz CT molecular complexity index is 1560. The van der Waals surface area contributed by atoms with Gasteiger partial charge in [-0.3, -0.25) is 4.79 Å². The van der Waals surface area contributed by atoms with Crippen LogP contribution in [-0.2, 0) is 4.79 Å². The van der Waals surface area contributed by atoms with Crippen LogP contribution < -0.4 is 20.3 Å². The number of carbonyl (C=O) groups is 1. The van der Waals surface area contributed by atoms with Crippen molar-refractivity contribution in [1.29, 1.82) is 0 Å². The van der Waals surface area contributed by atoms with Gasteiger partial charge in [0, 0.05) is 55.9 Å². The topological polar surface area (TPSA) is 118 Å². The second-order valence-corrected chi connectivity index (χ2v) is 7.82. The molecule has 0 aliphatic carbocycles. The first-order valence-corrected chi connectivity index (χ1v) is 10.9. The molecule has 0 saturated heterocycles. The van der Waals surface area contributed by atoms with Crippen LogP contribution in [0.3, 0.4) is 0 Å². The third-order valence-corrected chi connectivity index (χ3v) is 5.66. The third kappa shape index (κ3) is 4.17. The van der Waals surface area contributed by atoms with E-state index < -0.39 is 0 Å². The average Bonchev–Trinajstić information content (AvgIpc) is 3.30. The summed E-state index contributed by atoms with van der Waals surface area (Å²) in [5.41, 5.74) is 2.70. The fourth-order valence-corrected chi connectivity index (χ4v) is 3.72. The summed E-state index contributed by atoms with van der Waals surface area (Å²) in [6, 6.07) is 12.8. The van der Waals surface area contributed by atoms with Gasteiger partial charge in [0.2, 0.25) is 17.7 Å². The van der Waals surface area contributed by atoms with Crippen molar-refractivity contribution < 1.29 is 13.9 Å². The number of anilines is 4. The van der Waals surface area contributed by atoms with Crippen molar-refractivity contribution in [1.82, 2.24) is 19.9 Å². The Balaban J connectivity index is 1.60. The summed E-state index contributed by atoms with van der Waals surface area (Å²) >= 11 is 0. The van der Waals surface area contributed by atoms with Crippen molar-refractivity contribution in [2.24, 2.45) is 0 Å². The van der Waals surface area contributed by atoms with Gasteiger partial charge in [-0.1, -0.05) is 6.07 Å². The van der Waals surface area contributed by atoms with Crippen molar-refractivity contribution in [3.8, 4) is 17.3 Å². The number of carbonyl (C=O) groups excluding carboxylic acids is 1. The van der Waals surface area contributed by atoms with Crippen molar-refractivity contribution in [3.63, 3.8) is 0 Å². The standard InChI is InChI=1S/C25H23N7O3/c1-14(33)32(3)15-8-9-20-19(10-15)29-25(35-20)18-13-28-24(26-2)17-12-27-22(11-16(17)18)30-21-6-5-7-23(31-21)34-4/h5-13H,1-4H3,(H,26,28)(H,27,30,31). The second-order valence-electron chi connectivity index (χ2n) is 7.82. The van der Waals surface area contributed by atoms with Gasteiger partial charge >= 0.3 is 0 Å². The van der Waals surface area contributed by atoms with Crippen molar-refractivity contribution in [2.75, 3.05) is 36.7 Å². The average molecular weight is 470 g/mol. The maximum absolute atomic E-state index is 11.8. The number of amides is 1. The van der Waals surface area contributed by atoms with E-state index in [4.69, 9.17) is 14.1 Å². The quantitative estimate of drug-likeness (QED) is 0.367. The van der Waals surface area contributed by atoms with Crippen molar-refractivity contribution in [3.05, 3.63) is 54.9 Å². The lowest BCUT2D eigenvalue weighted by Crippen LogP contribution is -2.22. The van der Waals surface area contributed by atoms with E-state index in [2.05, 4.69) is 25.6 Å². The maximum Gasteiger partial charge on any atom is 0.229 e. The highest BCUT2D eigenvalue weighted by Crippen LogP contribution is 2.35. The van der Waals surface area contributed by atoms with Gasteiger partial charge in [0.05, 0.1) is 12.7 Å². The zero-order valence-electron chi connectivity index (χ0n) is 19.7. The number of rotatable bonds is 6. The molecule has 5 aromatic rings. The molecule has 4 aromatic heterocycles. The molecule has 0 radical (unpaired) electrons. The van der Waals surface area contributed by atoms with Crippen LogP contribution in [0.2, 0.25) is 0 Å². The molecule has 1 aromatic carbocycles. The Labute approximate surface area is 201 Å². The zero-order chi connectivity index (χ0) is 24.5. The van der Waals surface area contributed by atoms with Crippen molar-refractivity contribution in [2.45, 2.75) is 6.92 Å². The number of aromatic nitrogens is 4. The van der Waals surface area contributed by atoms with Crippen LogP contribution in [0.4, 0.5) is 23.1 Å². The first-order valence-electron chi connectivity index (χ1n) is 10.9. The van der Waals surface area contributed by atoms with Gasteiger partial charge in [-0.25, -0.2) is 15.0 Å². The number of hydrogen-bond donors (Lipinski definition) is 2. The maximum atomic E-state index is 11.8. The lowest BCUT2D eigenvalue weighted by Gasteiger charge is -2.14. The second kappa shape index (κ2) is 8.90. The van der Waals surface area contributed by atoms with E-state index in [1.165, 1.54) is 6.92 Å². The van der Waals surface area contributed by atoms with Crippen LogP contribution in [-0.4, -0.2) is 47.0 Å². The Morgan fingerprint density at radius 3 is 2.66 bits per heavy atom. The minimum Gasteiger partial charge on any atom is -0.481 e. The highest BCUT2D eigenvalue weighted by Gasteiger charge is 2.17. The molecular formula is C25H23N7O3. The number of pyridine rings is 3. The number of ether oxygens (including phenoxy) is 1. The molecule has 10 nitrogen and oxygen atoms in total. The van der Waals surface area contributed by atoms with Crippen molar-refractivity contribution >= 4 is 50.9 Å². The normalized spacial score (nSPS) is 11.0. The number of methoxy groups -OCH3 is 1. The lowest BCUT2D eigenvalue weighted by atomic mass is 10.1. The minimum absolute atomic E-state index is 0.0658. The third-order valence-electron chi connectivity index (χ3n) is 5.66. The molecule has 176 valence electrons. The van der Waals surface area contributed by atoms with E-state index in [-0.39, 0.29) is 5.91 Å². The van der Waals surface area contributed by atoms with Gasteiger partial charge in [-0.15, -0.1) is 0 Å². The summed E-state index contributed by atoms with van der Waals surface area (Å²) in [4.78, 5) is 31.5. The first-order chi connectivity index (χ1) is 17.0. The molecule has 0 bridgehead atoms. The summed E-state index contributed by atoms with van der Waals surface area (Å²) in [6.07, 6.45) is 3.46. The molecule has 0 atom stereocenters. The Morgan fingerprint density at radius 1 is 1.03 bits per heavy atom. The summed E-state index contributed by atoms with van der Waals surface area (Å²) < 4.78 is 11.3. The molecule has 4 heterocycles. The largest absolute Gasteiger partial charge is 0.481 e. The number of hydrogen-bond acceptors (Lipinski definition) is 9. The summed E-state index contributed by atoms with van der Waals surface area (Å²) in [5, 5.41) is 7.97. The van der Waals surface area contributed by atoms with E-state index in [1.807, 2.05) is 30.3 Å². The number of oxazole rings is 1. The van der Waals surface area contributed by atoms with Gasteiger partial charge in [0.15, 0.2) is 5.58 Å². The van der Waals surface area contributed by atoms with Gasteiger partial charge in [0.25, 0.3) is 0 Å². The molecule has 35 heavy (non-hydrogen) atoms. The molecule has 0 spiro atoms. The molecule has 10 heteroatoms. The Kier molecular flexibility index (Phi) is 5.61. The molecule has 0 aliphatic rings. The monoisotopic (exact) mass is 469 g/mol. The van der Waals surface area contributed by atoms with Crippen LogP contribution >= 0.6 is 0 Å². The van der Waals surface area contributed by atoms with Crippen LogP contribution in [0.15, 0.2) is 59.3 Å². The number of fused-ring (bicyclic) bond motifs is 2. The minimum atomic E-state index is -0.0658. The first kappa shape index (κ1) is 22.1. The molecule has 0 aliphatic heterocycles. The number of nitrogens with zero attached hydrogens (tertiary/aromatic N) is 5. The van der Waals surface area contributed by atoms with Gasteiger partial charge < -0.3 is 24.7 Å². The van der Waals surface area contributed by atoms with Gasteiger partial charge in [-0.2, -0.15) is 4.98 Å². The van der Waals surface area contributed by atoms with E-state index >= 15 is 0 Å². The molecule has 1 amide bonds. The predicted molar refractivity (Wildman–Crippen MR) is 135 cm³/mol. The summed E-state index contributed by atoms with van der Waals surface area (Å²) in [7, 11) is 5.09. The zero-order valence-corrected chi connectivity index (χ0v) is 19.7. The number of benzene rings is 1. The smallest absolute Gasteiger partial charge is 0.229 e. The van der Waals surface area contributed by atoms with Crippen LogP contribution in [0.5, 0.6) is 5.88 Å². The molecule has 2 N–H and O–H groups in total. The number of nitrogens with one attached hydrogen (secondary N) is 2. The van der Waals surface area contributed by atoms with E-state index in [0.29, 0.717) is 45.9 Å². The van der Waals surface area contributed by atoms with Crippen LogP contribution in [0.25, 0.3) is 33.3 Å². The highest BCUT2D eigenvalue weighted by atomic mass is 16.5. The fourth-order valence-electron chi connectivity index (χ4n) is 3.72. The molecule has 0 unspecified atom stereocenters. The van der Waals surface area contributed by atoms with E-state index in [1.54, 1.807) is 50.6 Å². The summed E-state index contributed by atoms with van der Waals surface area (Å²) in [5.74, 6) is 2.73. The van der Waals surface area contributed by atoms with Crippen LogP contribution in [0.1, 0.15) is 6.92 Å². The fraction of sp³-hybridized carbons (Fsp3) is 0.160. The molecule has 0 fully saturated rings. The Hall–Kier alpha value is -4.73. The molecular weight excluding hydrogens is 446 g/mol. The highest BCUT2D eigenvalue weighted by molar-refractivity contribution is 6.02. The van der Waals surface area contributed by atoms with E-state index in [9.17, 15) is 4.79 Å². The van der Waals surface area contributed by atoms with Gasteiger partial charge in [-0.05, 0) is 30.3 Å². The van der Waals surface area contributed by atoms with Gasteiger partial charge in [0.1, 0.15) is 23.0 Å². The van der Waals surface area contributed by atoms with E-state index in [0.717, 1.165) is 16.5 Å². The summed E-state index contributed by atoms with van der Waals surface area (Å²) in [6.45, 7) is 1.51. The Morgan fingerprint density at radius 2 is 1.89 bits per heavy atom. The molecule has 5 rings (SSSR count). The SMILES string of the molecule is CNc1ncc(-c2nc3cc(N(C)C(C)=O)ccc3o2)c2cc(Nc3cccc(OC)n3)ncc12. The molecule has 0 saturated carbocycles.